The van der Waals surface area contributed by atoms with E-state index in [1.807, 2.05) is 36.5 Å². The summed E-state index contributed by atoms with van der Waals surface area (Å²) >= 11 is 6.99. The summed E-state index contributed by atoms with van der Waals surface area (Å²) in [6.45, 7) is 3.86. The van der Waals surface area contributed by atoms with Crippen molar-refractivity contribution in [3.05, 3.63) is 71.1 Å². The van der Waals surface area contributed by atoms with Crippen LogP contribution in [0.5, 0.6) is 5.88 Å². The van der Waals surface area contributed by atoms with Gasteiger partial charge in [0, 0.05) is 40.7 Å². The Hall–Kier alpha value is -5.69. The van der Waals surface area contributed by atoms with Gasteiger partial charge in [-0.15, -0.1) is 0 Å². The smallest absolute Gasteiger partial charge is 0.475 e. The van der Waals surface area contributed by atoms with Gasteiger partial charge in [-0.25, -0.2) is 19.0 Å². The molecule has 0 saturated carbocycles. The van der Waals surface area contributed by atoms with Crippen LogP contribution in [0.4, 0.5) is 30.7 Å². The molecule has 0 amide bonds. The van der Waals surface area contributed by atoms with Crippen molar-refractivity contribution in [3.63, 3.8) is 0 Å². The van der Waals surface area contributed by atoms with Gasteiger partial charge in [0.15, 0.2) is 5.82 Å². The van der Waals surface area contributed by atoms with Gasteiger partial charge in [0.25, 0.3) is 0 Å². The van der Waals surface area contributed by atoms with Gasteiger partial charge in [-0.05, 0) is 81.9 Å². The van der Waals surface area contributed by atoms with Crippen LogP contribution in [-0.4, -0.2) is 87.3 Å². The minimum Gasteiger partial charge on any atom is -0.475 e. The molecule has 2 aliphatic heterocycles. The molecule has 7 rings (SSSR count). The van der Waals surface area contributed by atoms with E-state index in [1.54, 1.807) is 18.2 Å². The lowest BCUT2D eigenvalue weighted by Crippen LogP contribution is -2.38. The number of likely N-dealkylation sites (N-methyl/N-ethyl adjacent to an activating group) is 1. The van der Waals surface area contributed by atoms with Gasteiger partial charge in [0.05, 0.1) is 40.0 Å². The topological polar surface area (TPSA) is 164 Å². The predicted octanol–water partition coefficient (Wildman–Crippen LogP) is 9.01. The van der Waals surface area contributed by atoms with Crippen LogP contribution in [-0.2, 0) is 9.59 Å². The SMILES string of the molecule is CC(Oc1nc2c(F)c(-c3cccc4cccc(C#N)c34)c(Cl)cc2c2c1ccn2[C@H]1CCN[C@H](CC#N)C1)[C@@H]1CCCN1C.O=C(O)C(F)(F)F.O=C(O)C(F)(F)F. The van der Waals surface area contributed by atoms with Crippen molar-refractivity contribution in [2.45, 2.75) is 75.6 Å². The van der Waals surface area contributed by atoms with Crippen molar-refractivity contribution in [3.8, 4) is 29.1 Å². The van der Waals surface area contributed by atoms with Crippen LogP contribution >= 0.6 is 11.6 Å². The highest BCUT2D eigenvalue weighted by Gasteiger charge is 2.39. The van der Waals surface area contributed by atoms with E-state index in [4.69, 9.17) is 41.1 Å². The fourth-order valence-corrected chi connectivity index (χ4v) is 7.83. The molecule has 11 nitrogen and oxygen atoms in total. The number of carboxylic acid groups (broad SMARTS) is 2. The molecule has 1 unspecified atom stereocenters. The van der Waals surface area contributed by atoms with Crippen LogP contribution in [0.3, 0.4) is 0 Å². The van der Waals surface area contributed by atoms with Gasteiger partial charge in [-0.2, -0.15) is 36.9 Å². The first-order valence-corrected chi connectivity index (χ1v) is 18.5. The van der Waals surface area contributed by atoms with Crippen LogP contribution in [0.25, 0.3) is 43.7 Å². The highest BCUT2D eigenvalue weighted by Crippen LogP contribution is 2.44. The zero-order valence-corrected chi connectivity index (χ0v) is 32.1. The number of fused-ring (bicyclic) bond motifs is 4. The average molecular weight is 849 g/mol. The second kappa shape index (κ2) is 18.1. The van der Waals surface area contributed by atoms with Crippen LogP contribution in [0.2, 0.25) is 5.02 Å². The molecule has 0 aliphatic carbocycles. The number of aliphatic carboxylic acids is 2. The van der Waals surface area contributed by atoms with Gasteiger partial charge in [-0.1, -0.05) is 41.9 Å². The van der Waals surface area contributed by atoms with E-state index in [0.717, 1.165) is 55.1 Å². The normalized spacial score (nSPS) is 18.9. The molecule has 2 aliphatic rings. The first-order chi connectivity index (χ1) is 27.8. The average Bonchev–Trinajstić information content (AvgIpc) is 3.82. The number of hydrogen-bond donors (Lipinski definition) is 3. The van der Waals surface area contributed by atoms with E-state index >= 15 is 4.39 Å². The molecule has 19 heteroatoms. The molecule has 0 radical (unpaired) electrons. The largest absolute Gasteiger partial charge is 0.490 e. The van der Waals surface area contributed by atoms with Gasteiger partial charge >= 0.3 is 24.3 Å². The van der Waals surface area contributed by atoms with Crippen molar-refractivity contribution < 1.29 is 55.3 Å². The van der Waals surface area contributed by atoms with Gasteiger partial charge in [-0.3, -0.25) is 4.90 Å². The fourth-order valence-electron chi connectivity index (χ4n) is 7.53. The van der Waals surface area contributed by atoms with E-state index < -0.39 is 30.1 Å². The molecule has 2 aromatic heterocycles. The van der Waals surface area contributed by atoms with Gasteiger partial charge in [0.2, 0.25) is 5.88 Å². The number of aromatic nitrogens is 2. The number of pyridine rings is 1. The molecule has 5 aromatic rings. The maximum Gasteiger partial charge on any atom is 0.490 e. The Bertz CT molecular complexity index is 2430. The Balaban J connectivity index is 0.000000407. The maximum absolute atomic E-state index is 17.1. The summed E-state index contributed by atoms with van der Waals surface area (Å²) in [7, 11) is 2.11. The number of rotatable bonds is 6. The molecule has 2 saturated heterocycles. The number of nitrogens with one attached hydrogen (secondary N) is 1. The number of ether oxygens (including phenoxy) is 1. The van der Waals surface area contributed by atoms with E-state index in [-0.39, 0.29) is 40.3 Å². The first-order valence-electron chi connectivity index (χ1n) is 18.1. The molecule has 0 bridgehead atoms. The maximum atomic E-state index is 17.1. The lowest BCUT2D eigenvalue weighted by atomic mass is 9.93. The summed E-state index contributed by atoms with van der Waals surface area (Å²) in [6.07, 6.45) is -4.07. The quantitative estimate of drug-likeness (QED) is 0.141. The molecular weight excluding hydrogens is 813 g/mol. The Morgan fingerprint density at radius 2 is 1.68 bits per heavy atom. The highest BCUT2D eigenvalue weighted by atomic mass is 35.5. The Morgan fingerprint density at radius 3 is 2.25 bits per heavy atom. The standard InChI is InChI=1S/C36H34ClFN6O.2C2HF3O2/c1-21(30-10-5-16-43(30)2)45-36-27-13-17-44(25-12-15-41-24(18-25)11-14-39)35(27)28-19-29(37)32(33(38)34(28)42-36)26-9-4-7-22-6-3-8-23(20-40)31(22)26;2*3-2(4,5)1(6)7/h3-4,6-9,13,17,19,21,24-25,30,41H,5,10-12,15-16,18H2,1-2H3;2*(H,6,7)/t21?,24-,25+,30+;;/m1../s1. The van der Waals surface area contributed by atoms with Crippen molar-refractivity contribution in [2.24, 2.45) is 0 Å². The number of nitriles is 2. The molecule has 0 spiro atoms. The second-order valence-corrected chi connectivity index (χ2v) is 14.4. The van der Waals surface area contributed by atoms with Crippen molar-refractivity contribution in [1.82, 2.24) is 19.8 Å². The summed E-state index contributed by atoms with van der Waals surface area (Å²) in [5.74, 6) is -5.66. The molecule has 4 heterocycles. The van der Waals surface area contributed by atoms with Crippen LogP contribution in [0.15, 0.2) is 54.7 Å². The zero-order valence-electron chi connectivity index (χ0n) is 31.3. The highest BCUT2D eigenvalue weighted by molar-refractivity contribution is 6.35. The van der Waals surface area contributed by atoms with E-state index in [1.165, 1.54) is 0 Å². The third kappa shape index (κ3) is 9.79. The predicted molar refractivity (Wildman–Crippen MR) is 203 cm³/mol. The Morgan fingerprint density at radius 1 is 1.03 bits per heavy atom. The van der Waals surface area contributed by atoms with Gasteiger partial charge < -0.3 is 24.8 Å². The number of likely N-dealkylation sites (tertiary alicyclic amines) is 1. The summed E-state index contributed by atoms with van der Waals surface area (Å²) in [5, 5.41) is 40.1. The molecule has 312 valence electrons. The lowest BCUT2D eigenvalue weighted by Gasteiger charge is -2.31. The molecule has 3 aromatic carbocycles. The minimum atomic E-state index is -5.08. The molecular formula is C40H36ClF7N6O5. The van der Waals surface area contributed by atoms with Crippen molar-refractivity contribution >= 4 is 56.1 Å². The summed E-state index contributed by atoms with van der Waals surface area (Å²) < 4.78 is 89.4. The summed E-state index contributed by atoms with van der Waals surface area (Å²) in [5.41, 5.74) is 2.22. The number of carboxylic acids is 2. The number of nitrogens with zero attached hydrogens (tertiary/aromatic N) is 5. The Labute approximate surface area is 337 Å². The number of halogens is 8. The van der Waals surface area contributed by atoms with Gasteiger partial charge in [0.1, 0.15) is 11.6 Å². The molecule has 3 N–H and O–H groups in total. The Kier molecular flexibility index (Phi) is 13.6. The fraction of sp³-hybridized carbons (Fsp3) is 0.375. The third-order valence-electron chi connectivity index (χ3n) is 10.2. The second-order valence-electron chi connectivity index (χ2n) is 14.0. The van der Waals surface area contributed by atoms with E-state index in [0.29, 0.717) is 34.2 Å². The van der Waals surface area contributed by atoms with E-state index in [2.05, 4.69) is 40.9 Å². The zero-order chi connectivity index (χ0) is 43.4. The minimum absolute atomic E-state index is 0.0839. The summed E-state index contributed by atoms with van der Waals surface area (Å²) in [6, 6.07) is 19.8. The van der Waals surface area contributed by atoms with Crippen LogP contribution in [0, 0.1) is 28.5 Å². The van der Waals surface area contributed by atoms with Crippen LogP contribution in [0.1, 0.15) is 50.6 Å². The molecule has 59 heavy (non-hydrogen) atoms. The van der Waals surface area contributed by atoms with Crippen molar-refractivity contribution in [2.75, 3.05) is 20.1 Å². The monoisotopic (exact) mass is 848 g/mol. The number of hydrogen-bond acceptors (Lipinski definition) is 8. The van der Waals surface area contributed by atoms with E-state index in [9.17, 15) is 36.9 Å². The molecule has 4 atom stereocenters. The number of alkyl halides is 6. The van der Waals surface area contributed by atoms with Crippen LogP contribution < -0.4 is 10.1 Å². The summed E-state index contributed by atoms with van der Waals surface area (Å²) in [4.78, 5) is 25.0. The number of benzene rings is 3. The first kappa shape index (κ1) is 44.4. The third-order valence-corrected chi connectivity index (χ3v) is 10.5. The number of carbonyl (C=O) groups is 2. The number of piperidine rings is 1. The molecule has 2 fully saturated rings. The van der Waals surface area contributed by atoms with Crippen molar-refractivity contribution in [1.29, 1.82) is 10.5 Å². The lowest BCUT2D eigenvalue weighted by molar-refractivity contribution is -0.193.